The van der Waals surface area contributed by atoms with Gasteiger partial charge >= 0.3 is 5.51 Å². The number of rotatable bonds is 13. The Morgan fingerprint density at radius 3 is 1.39 bits per heavy atom. The third kappa shape index (κ3) is 11.6. The molecule has 0 aliphatic heterocycles. The summed E-state index contributed by atoms with van der Waals surface area (Å²) >= 11 is 0. The highest BCUT2D eigenvalue weighted by Gasteiger charge is 2.37. The Morgan fingerprint density at radius 2 is 1.00 bits per heavy atom. The number of aryl methyl sites for hydroxylation is 1. The van der Waals surface area contributed by atoms with E-state index >= 15 is 0 Å². The van der Waals surface area contributed by atoms with Crippen LogP contribution < -0.4 is 0 Å². The molecule has 0 aliphatic carbocycles. The zero-order valence-electron chi connectivity index (χ0n) is 21.8. The van der Waals surface area contributed by atoms with E-state index in [0.29, 0.717) is 0 Å². The molecule has 0 bridgehead atoms. The molecule has 38 heavy (non-hydrogen) atoms. The Morgan fingerprint density at radius 1 is 0.632 bits per heavy atom. The molecular weight excluding hydrogens is 529 g/mol. The van der Waals surface area contributed by atoms with Crippen LogP contribution in [0.25, 0.3) is 0 Å². The molecule has 0 spiro atoms. The average Bonchev–Trinajstić information content (AvgIpc) is 2.89. The van der Waals surface area contributed by atoms with Crippen LogP contribution in [0.4, 0.5) is 13.2 Å². The fourth-order valence-corrected chi connectivity index (χ4v) is 6.04. The first-order valence-electron chi connectivity index (χ1n) is 13.1. The molecule has 208 valence electrons. The topological polar surface area (TPSA) is 57.2 Å². The van der Waals surface area contributed by atoms with Crippen molar-refractivity contribution in [2.24, 2.45) is 0 Å². The molecule has 3 nitrogen and oxygen atoms in total. The van der Waals surface area contributed by atoms with E-state index in [0.717, 1.165) is 0 Å². The number of benzene rings is 3. The first kappa shape index (κ1) is 31.9. The van der Waals surface area contributed by atoms with Crippen LogP contribution in [0, 0.1) is 0 Å². The maximum atomic E-state index is 10.7. The van der Waals surface area contributed by atoms with E-state index in [1.807, 2.05) is 0 Å². The lowest BCUT2D eigenvalue weighted by Gasteiger charge is -2.09. The lowest BCUT2D eigenvalue weighted by Crippen LogP contribution is -2.21. The molecule has 3 aromatic rings. The summed E-state index contributed by atoms with van der Waals surface area (Å²) in [4.78, 5) is 4.18. The molecule has 0 fully saturated rings. The van der Waals surface area contributed by atoms with Crippen LogP contribution in [-0.4, -0.2) is 18.5 Å². The highest BCUT2D eigenvalue weighted by atomic mass is 32.2. The van der Waals surface area contributed by atoms with E-state index in [9.17, 15) is 13.2 Å². The van der Waals surface area contributed by atoms with Gasteiger partial charge in [0.05, 0.1) is 10.9 Å². The van der Waals surface area contributed by atoms with Gasteiger partial charge in [-0.05, 0) is 54.8 Å². The van der Waals surface area contributed by atoms with Gasteiger partial charge in [0.1, 0.15) is 0 Å². The molecule has 0 radical (unpaired) electrons. The molecule has 0 atom stereocenters. The Balaban J connectivity index is 0.000000550. The van der Waals surface area contributed by atoms with Gasteiger partial charge in [0.25, 0.3) is 0 Å². The second-order valence-corrected chi connectivity index (χ2v) is 12.5. The highest BCUT2D eigenvalue weighted by Crippen LogP contribution is 2.31. The predicted octanol–water partition coefficient (Wildman–Crippen LogP) is 8.91. The number of unbranched alkanes of at least 4 members (excludes halogenated alkanes) is 8. The van der Waals surface area contributed by atoms with Crippen LogP contribution in [-0.2, 0) is 27.4 Å². The molecule has 0 aliphatic rings. The van der Waals surface area contributed by atoms with Crippen molar-refractivity contribution >= 4 is 21.0 Å². The van der Waals surface area contributed by atoms with Crippen molar-refractivity contribution in [3.8, 4) is 0 Å². The van der Waals surface area contributed by atoms with Gasteiger partial charge in [0, 0.05) is 0 Å². The predicted molar refractivity (Wildman–Crippen MR) is 148 cm³/mol. The molecule has 3 aromatic carbocycles. The van der Waals surface area contributed by atoms with Gasteiger partial charge in [0.2, 0.25) is 0 Å². The Hall–Kier alpha value is -2.29. The standard InChI is InChI=1S/C29H37S.CHF3O3S/c1-2-3-4-5-6-7-8-9-12-17-26-22-24-29(25-23-26)30(27-18-13-10-14-19-27)28-20-15-11-16-21-28;2-1(3,4)8(5,6)7/h10-11,13-16,18-25H,2-9,12,17H2,1H3;(H,5,6,7)/q+1;/p-1. The minimum Gasteiger partial charge on any atom is -0.741 e. The van der Waals surface area contributed by atoms with Crippen LogP contribution >= 0.6 is 0 Å². The van der Waals surface area contributed by atoms with Crippen molar-refractivity contribution in [3.63, 3.8) is 0 Å². The van der Waals surface area contributed by atoms with Crippen molar-refractivity contribution < 1.29 is 26.1 Å². The van der Waals surface area contributed by atoms with Crippen LogP contribution in [0.5, 0.6) is 0 Å². The first-order chi connectivity index (χ1) is 18.1. The quantitative estimate of drug-likeness (QED) is 0.0898. The van der Waals surface area contributed by atoms with E-state index < -0.39 is 15.6 Å². The summed E-state index contributed by atoms with van der Waals surface area (Å²) in [5.74, 6) is 0. The monoisotopic (exact) mass is 566 g/mol. The third-order valence-electron chi connectivity index (χ3n) is 5.97. The van der Waals surface area contributed by atoms with Gasteiger partial charge < -0.3 is 4.55 Å². The Kier molecular flexibility index (Phi) is 14.0. The second-order valence-electron chi connectivity index (χ2n) is 9.05. The molecule has 0 amide bonds. The van der Waals surface area contributed by atoms with Crippen LogP contribution in [0.3, 0.4) is 0 Å². The second kappa shape index (κ2) is 16.6. The smallest absolute Gasteiger partial charge is 0.485 e. The van der Waals surface area contributed by atoms with Gasteiger partial charge in [-0.25, -0.2) is 8.42 Å². The molecule has 0 saturated heterocycles. The van der Waals surface area contributed by atoms with Crippen molar-refractivity contribution in [2.75, 3.05) is 0 Å². The van der Waals surface area contributed by atoms with Crippen molar-refractivity contribution in [3.05, 3.63) is 90.5 Å². The number of halogens is 3. The summed E-state index contributed by atoms with van der Waals surface area (Å²) in [6.07, 6.45) is 13.7. The summed E-state index contributed by atoms with van der Waals surface area (Å²) in [5, 5.41) is 0. The van der Waals surface area contributed by atoms with Crippen molar-refractivity contribution in [2.45, 2.75) is 91.3 Å². The molecular formula is C30H37F3O3S2. The van der Waals surface area contributed by atoms with Crippen molar-refractivity contribution in [1.82, 2.24) is 0 Å². The van der Waals surface area contributed by atoms with Gasteiger partial charge in [0.15, 0.2) is 24.8 Å². The number of hydrogen-bond acceptors (Lipinski definition) is 3. The minimum absolute atomic E-state index is 0.0368. The highest BCUT2D eigenvalue weighted by molar-refractivity contribution is 7.97. The Bertz CT molecular complexity index is 1100. The van der Waals surface area contributed by atoms with Crippen LogP contribution in [0.1, 0.15) is 70.3 Å². The molecule has 0 heterocycles. The minimum atomic E-state index is -6.09. The first-order valence-corrected chi connectivity index (χ1v) is 15.7. The average molecular weight is 567 g/mol. The van der Waals surface area contributed by atoms with Gasteiger partial charge in [-0.1, -0.05) is 107 Å². The molecule has 0 unspecified atom stereocenters. The molecule has 0 aromatic heterocycles. The summed E-state index contributed by atoms with van der Waals surface area (Å²) in [7, 11) is -6.13. The molecule has 8 heteroatoms. The lowest BCUT2D eigenvalue weighted by molar-refractivity contribution is -0.0517. The lowest BCUT2D eigenvalue weighted by atomic mass is 10.0. The maximum absolute atomic E-state index is 10.7. The number of hydrogen-bond donors (Lipinski definition) is 0. The third-order valence-corrected chi connectivity index (χ3v) is 8.77. The Labute approximate surface area is 228 Å². The van der Waals surface area contributed by atoms with Gasteiger partial charge in [-0.15, -0.1) is 0 Å². The SMILES string of the molecule is CCCCCCCCCCCc1ccc([S+](c2ccccc2)c2ccccc2)cc1.O=S(=O)([O-])C(F)(F)F. The van der Waals surface area contributed by atoms with Gasteiger partial charge in [-0.3, -0.25) is 0 Å². The molecule has 0 saturated carbocycles. The molecule has 0 N–H and O–H groups in total. The zero-order valence-corrected chi connectivity index (χ0v) is 23.5. The fourth-order valence-electron chi connectivity index (χ4n) is 3.95. The van der Waals surface area contributed by atoms with E-state index in [-0.39, 0.29) is 10.9 Å². The zero-order chi connectivity index (χ0) is 27.9. The van der Waals surface area contributed by atoms with Crippen LogP contribution in [0.2, 0.25) is 0 Å². The largest absolute Gasteiger partial charge is 0.741 e. The van der Waals surface area contributed by atoms with E-state index in [2.05, 4.69) is 91.9 Å². The maximum Gasteiger partial charge on any atom is 0.485 e. The van der Waals surface area contributed by atoms with E-state index in [1.54, 1.807) is 0 Å². The van der Waals surface area contributed by atoms with Crippen LogP contribution in [0.15, 0.2) is 99.6 Å². The summed E-state index contributed by atoms with van der Waals surface area (Å²) < 4.78 is 58.9. The van der Waals surface area contributed by atoms with Crippen molar-refractivity contribution in [1.29, 1.82) is 0 Å². The fraction of sp³-hybridized carbons (Fsp3) is 0.400. The summed E-state index contributed by atoms with van der Waals surface area (Å²) in [5.41, 5.74) is -4.17. The van der Waals surface area contributed by atoms with Gasteiger partial charge in [-0.2, -0.15) is 13.2 Å². The summed E-state index contributed by atoms with van der Waals surface area (Å²) in [6.45, 7) is 2.29. The van der Waals surface area contributed by atoms with E-state index in [4.69, 9.17) is 13.0 Å². The van der Waals surface area contributed by atoms with E-state index in [1.165, 1.54) is 84.5 Å². The normalized spacial score (nSPS) is 11.7. The summed E-state index contributed by atoms with van der Waals surface area (Å²) in [6, 6.07) is 31.2. The molecule has 3 rings (SSSR count). The number of alkyl halides is 3.